The monoisotopic (exact) mass is 442 g/mol. The van der Waals surface area contributed by atoms with Crippen molar-refractivity contribution in [3.05, 3.63) is 88.7 Å². The first kappa shape index (κ1) is 20.8. The minimum atomic E-state index is -0.354. The Kier molecular flexibility index (Phi) is 5.77. The molecule has 5 rings (SSSR count). The van der Waals surface area contributed by atoms with Crippen molar-refractivity contribution in [2.24, 2.45) is 0 Å². The lowest BCUT2D eigenvalue weighted by Gasteiger charge is -2.35. The molecule has 1 fully saturated rings. The molecule has 1 aliphatic rings. The number of nitrogens with zero attached hydrogens (tertiary/aromatic N) is 6. The van der Waals surface area contributed by atoms with Gasteiger partial charge in [0.1, 0.15) is 5.69 Å². The summed E-state index contributed by atoms with van der Waals surface area (Å²) in [4.78, 5) is 24.4. The number of hydrogen-bond donors (Lipinski definition) is 0. The van der Waals surface area contributed by atoms with Gasteiger partial charge in [-0.1, -0.05) is 35.5 Å². The molecule has 0 unspecified atom stereocenters. The van der Waals surface area contributed by atoms with E-state index in [4.69, 9.17) is 4.52 Å². The fourth-order valence-electron chi connectivity index (χ4n) is 4.01. The van der Waals surface area contributed by atoms with E-state index < -0.39 is 0 Å². The average molecular weight is 442 g/mol. The zero-order valence-corrected chi connectivity index (χ0v) is 17.9. The Morgan fingerprint density at radius 1 is 0.970 bits per heavy atom. The minimum Gasteiger partial charge on any atom is -0.363 e. The second-order valence-electron chi connectivity index (χ2n) is 7.87. The molecule has 33 heavy (non-hydrogen) atoms. The second-order valence-corrected chi connectivity index (χ2v) is 7.87. The zero-order valence-electron chi connectivity index (χ0n) is 17.9. The maximum absolute atomic E-state index is 11.9. The number of rotatable bonds is 6. The Morgan fingerprint density at radius 3 is 2.52 bits per heavy atom. The van der Waals surface area contributed by atoms with Gasteiger partial charge < -0.3 is 9.42 Å². The number of anilines is 1. The van der Waals surface area contributed by atoms with Crippen molar-refractivity contribution in [2.45, 2.75) is 6.54 Å². The van der Waals surface area contributed by atoms with E-state index in [0.29, 0.717) is 22.6 Å². The van der Waals surface area contributed by atoms with Crippen LogP contribution in [0.4, 0.5) is 11.4 Å². The summed E-state index contributed by atoms with van der Waals surface area (Å²) in [6.07, 6.45) is 3.30. The topological polar surface area (TPSA) is 101 Å². The Labute approximate surface area is 190 Å². The highest BCUT2D eigenvalue weighted by molar-refractivity contribution is 5.71. The molecule has 0 amide bonds. The van der Waals surface area contributed by atoms with Gasteiger partial charge >= 0.3 is 0 Å². The second kappa shape index (κ2) is 9.17. The molecule has 166 valence electrons. The van der Waals surface area contributed by atoms with E-state index in [1.54, 1.807) is 30.6 Å². The molecule has 0 aliphatic carbocycles. The summed E-state index contributed by atoms with van der Waals surface area (Å²) >= 11 is 0. The van der Waals surface area contributed by atoms with Gasteiger partial charge in [-0.3, -0.25) is 20.0 Å². The highest BCUT2D eigenvalue weighted by Crippen LogP contribution is 2.34. The summed E-state index contributed by atoms with van der Waals surface area (Å²) in [6, 6.07) is 19.0. The molecule has 0 bridgehead atoms. The third-order valence-corrected chi connectivity index (χ3v) is 5.73. The molecule has 0 spiro atoms. The smallest absolute Gasteiger partial charge is 0.293 e. The maximum Gasteiger partial charge on any atom is 0.293 e. The number of benzene rings is 2. The average Bonchev–Trinajstić information content (AvgIpc) is 3.36. The van der Waals surface area contributed by atoms with Crippen LogP contribution in [0.2, 0.25) is 0 Å². The Hall–Kier alpha value is -4.11. The molecule has 2 aromatic heterocycles. The van der Waals surface area contributed by atoms with E-state index in [-0.39, 0.29) is 16.5 Å². The van der Waals surface area contributed by atoms with Crippen molar-refractivity contribution >= 4 is 11.4 Å². The Morgan fingerprint density at radius 2 is 1.79 bits per heavy atom. The predicted octanol–water partition coefficient (Wildman–Crippen LogP) is 4.03. The number of aromatic nitrogens is 3. The van der Waals surface area contributed by atoms with Crippen molar-refractivity contribution in [3.63, 3.8) is 0 Å². The van der Waals surface area contributed by atoms with Crippen LogP contribution in [0, 0.1) is 10.1 Å². The molecule has 2 aromatic carbocycles. The molecule has 9 nitrogen and oxygen atoms in total. The van der Waals surface area contributed by atoms with E-state index in [1.165, 1.54) is 11.6 Å². The van der Waals surface area contributed by atoms with Gasteiger partial charge in [-0.2, -0.15) is 4.98 Å². The van der Waals surface area contributed by atoms with E-state index in [2.05, 4.69) is 37.1 Å². The largest absolute Gasteiger partial charge is 0.363 e. The third-order valence-electron chi connectivity index (χ3n) is 5.73. The number of hydrogen-bond acceptors (Lipinski definition) is 8. The van der Waals surface area contributed by atoms with Crippen LogP contribution in [0.5, 0.6) is 0 Å². The Bertz CT molecular complexity index is 1240. The number of nitro groups is 1. The van der Waals surface area contributed by atoms with Gasteiger partial charge in [0, 0.05) is 62.3 Å². The van der Waals surface area contributed by atoms with Crippen LogP contribution in [0.3, 0.4) is 0 Å². The van der Waals surface area contributed by atoms with Gasteiger partial charge in [-0.25, -0.2) is 0 Å². The fourth-order valence-corrected chi connectivity index (χ4v) is 4.01. The first-order chi connectivity index (χ1) is 16.2. The Balaban J connectivity index is 1.33. The number of pyridine rings is 1. The van der Waals surface area contributed by atoms with Crippen LogP contribution in [0.15, 0.2) is 77.6 Å². The molecule has 9 heteroatoms. The van der Waals surface area contributed by atoms with Gasteiger partial charge in [0.05, 0.1) is 4.92 Å². The van der Waals surface area contributed by atoms with Crippen LogP contribution < -0.4 is 4.90 Å². The molecule has 1 saturated heterocycles. The molecule has 0 atom stereocenters. The third kappa shape index (κ3) is 4.58. The summed E-state index contributed by atoms with van der Waals surface area (Å²) in [7, 11) is 0. The summed E-state index contributed by atoms with van der Waals surface area (Å²) in [5, 5.41) is 15.9. The summed E-state index contributed by atoms with van der Waals surface area (Å²) < 4.78 is 5.36. The summed E-state index contributed by atoms with van der Waals surface area (Å²) in [6.45, 7) is 4.00. The minimum absolute atomic E-state index is 0.0325. The van der Waals surface area contributed by atoms with E-state index in [0.717, 1.165) is 32.7 Å². The molecule has 0 radical (unpaired) electrons. The van der Waals surface area contributed by atoms with E-state index in [1.807, 2.05) is 24.3 Å². The summed E-state index contributed by atoms with van der Waals surface area (Å²) in [5.74, 6) is 0.621. The zero-order chi connectivity index (χ0) is 22.6. The molecule has 1 aliphatic heterocycles. The van der Waals surface area contributed by atoms with E-state index in [9.17, 15) is 10.1 Å². The van der Waals surface area contributed by atoms with E-state index >= 15 is 0 Å². The van der Waals surface area contributed by atoms with Crippen LogP contribution in [-0.4, -0.2) is 51.1 Å². The lowest BCUT2D eigenvalue weighted by Crippen LogP contribution is -2.46. The number of nitro benzene ring substituents is 1. The van der Waals surface area contributed by atoms with Gasteiger partial charge in [-0.05, 0) is 29.8 Å². The van der Waals surface area contributed by atoms with Crippen molar-refractivity contribution in [2.75, 3.05) is 31.1 Å². The highest BCUT2D eigenvalue weighted by Gasteiger charge is 2.25. The van der Waals surface area contributed by atoms with Crippen LogP contribution in [0.25, 0.3) is 22.8 Å². The first-order valence-corrected chi connectivity index (χ1v) is 10.7. The van der Waals surface area contributed by atoms with Gasteiger partial charge in [0.25, 0.3) is 11.6 Å². The van der Waals surface area contributed by atoms with Crippen molar-refractivity contribution in [1.82, 2.24) is 20.0 Å². The van der Waals surface area contributed by atoms with Gasteiger partial charge in [0.15, 0.2) is 0 Å². The molecule has 3 heterocycles. The lowest BCUT2D eigenvalue weighted by molar-refractivity contribution is -0.384. The van der Waals surface area contributed by atoms with Crippen LogP contribution in [0.1, 0.15) is 5.56 Å². The SMILES string of the molecule is O=[N+]([O-])c1cc(-c2nc(-c3cccnc3)no2)ccc1N1CCN(Cc2ccccc2)CC1. The summed E-state index contributed by atoms with van der Waals surface area (Å²) in [5.41, 5.74) is 3.13. The maximum atomic E-state index is 11.9. The quantitative estimate of drug-likeness (QED) is 0.326. The number of piperazine rings is 1. The molecular weight excluding hydrogens is 420 g/mol. The first-order valence-electron chi connectivity index (χ1n) is 10.7. The normalized spacial score (nSPS) is 14.4. The predicted molar refractivity (Wildman–Crippen MR) is 124 cm³/mol. The molecular formula is C24H22N6O3. The highest BCUT2D eigenvalue weighted by atomic mass is 16.6. The lowest BCUT2D eigenvalue weighted by atomic mass is 10.1. The fraction of sp³-hybridized carbons (Fsp3) is 0.208. The molecule has 0 saturated carbocycles. The van der Waals surface area contributed by atoms with Gasteiger partial charge in [0.2, 0.25) is 5.82 Å². The molecule has 0 N–H and O–H groups in total. The van der Waals surface area contributed by atoms with Crippen molar-refractivity contribution in [3.8, 4) is 22.8 Å². The van der Waals surface area contributed by atoms with Gasteiger partial charge in [-0.15, -0.1) is 0 Å². The van der Waals surface area contributed by atoms with Crippen molar-refractivity contribution in [1.29, 1.82) is 0 Å². The van der Waals surface area contributed by atoms with Crippen LogP contribution >= 0.6 is 0 Å². The molecule has 4 aromatic rings. The van der Waals surface area contributed by atoms with Crippen molar-refractivity contribution < 1.29 is 9.45 Å². The van der Waals surface area contributed by atoms with Crippen LogP contribution in [-0.2, 0) is 6.54 Å². The standard InChI is InChI=1S/C24H22N6O3/c31-30(32)22-15-19(24-26-23(27-33-24)20-7-4-10-25-16-20)8-9-21(22)29-13-11-28(12-14-29)17-18-5-2-1-3-6-18/h1-10,15-16H,11-14,17H2.